The van der Waals surface area contributed by atoms with Gasteiger partial charge >= 0.3 is 0 Å². The lowest BCUT2D eigenvalue weighted by Gasteiger charge is -2.32. The van der Waals surface area contributed by atoms with Gasteiger partial charge in [-0.25, -0.2) is 4.98 Å². The van der Waals surface area contributed by atoms with Crippen molar-refractivity contribution in [1.29, 1.82) is 0 Å². The molecule has 1 aliphatic rings. The number of hydrogen-bond donors (Lipinski definition) is 2. The van der Waals surface area contributed by atoms with Crippen LogP contribution in [-0.4, -0.2) is 40.0 Å². The number of piperidine rings is 1. The van der Waals surface area contributed by atoms with Gasteiger partial charge in [-0.1, -0.05) is 18.2 Å². The van der Waals surface area contributed by atoms with Crippen molar-refractivity contribution in [1.82, 2.24) is 9.88 Å². The molecule has 1 fully saturated rings. The third-order valence-electron chi connectivity index (χ3n) is 4.35. The third kappa shape index (κ3) is 4.25. The average molecular weight is 325 g/mol. The minimum absolute atomic E-state index is 0.118. The second-order valence-electron chi connectivity index (χ2n) is 6.31. The molecular weight excluding hydrogens is 302 g/mol. The van der Waals surface area contributed by atoms with Crippen LogP contribution in [0.2, 0.25) is 0 Å². The van der Waals surface area contributed by atoms with Crippen LogP contribution in [0.15, 0.2) is 42.5 Å². The molecule has 1 aliphatic heterocycles. The third-order valence-corrected chi connectivity index (χ3v) is 4.35. The van der Waals surface area contributed by atoms with Gasteiger partial charge in [0.2, 0.25) is 5.91 Å². The van der Waals surface area contributed by atoms with E-state index in [-0.39, 0.29) is 11.7 Å². The molecule has 0 saturated carbocycles. The Morgan fingerprint density at radius 2 is 2.00 bits per heavy atom. The maximum atomic E-state index is 12.4. The standard InChI is InChI=1S/C19H23N3O2/c1-14-4-2-7-18(20-14)21-16-8-10-22(11-9-16)19(24)13-15-5-3-6-17(23)12-15/h2-7,12,16,23H,8-11,13H2,1H3,(H,20,21). The number of phenols is 1. The van der Waals surface area contributed by atoms with Crippen LogP contribution in [0, 0.1) is 6.92 Å². The first-order valence-corrected chi connectivity index (χ1v) is 8.36. The fourth-order valence-corrected chi connectivity index (χ4v) is 3.06. The summed E-state index contributed by atoms with van der Waals surface area (Å²) in [6.45, 7) is 3.48. The number of nitrogens with zero attached hydrogens (tertiary/aromatic N) is 2. The van der Waals surface area contributed by atoms with Crippen molar-refractivity contribution in [2.24, 2.45) is 0 Å². The summed E-state index contributed by atoms with van der Waals surface area (Å²) in [6, 6.07) is 13.2. The van der Waals surface area contributed by atoms with Crippen molar-refractivity contribution in [3.63, 3.8) is 0 Å². The predicted octanol–water partition coefficient (Wildman–Crippen LogP) is 2.74. The van der Waals surface area contributed by atoms with Gasteiger partial charge in [0.25, 0.3) is 0 Å². The number of aryl methyl sites for hydroxylation is 1. The summed E-state index contributed by atoms with van der Waals surface area (Å²) in [6.07, 6.45) is 2.18. The van der Waals surface area contributed by atoms with E-state index in [4.69, 9.17) is 0 Å². The monoisotopic (exact) mass is 325 g/mol. The maximum absolute atomic E-state index is 12.4. The number of hydrogen-bond acceptors (Lipinski definition) is 4. The highest BCUT2D eigenvalue weighted by Crippen LogP contribution is 2.17. The molecule has 0 spiro atoms. The number of pyridine rings is 1. The molecule has 126 valence electrons. The minimum Gasteiger partial charge on any atom is -0.508 e. The number of phenolic OH excluding ortho intramolecular Hbond substituents is 1. The Balaban J connectivity index is 1.50. The molecule has 0 radical (unpaired) electrons. The van der Waals surface area contributed by atoms with E-state index in [0.29, 0.717) is 12.5 Å². The van der Waals surface area contributed by atoms with E-state index in [0.717, 1.165) is 43.0 Å². The first kappa shape index (κ1) is 16.3. The number of benzene rings is 1. The zero-order valence-electron chi connectivity index (χ0n) is 13.9. The molecule has 1 aromatic carbocycles. The number of aromatic hydroxyl groups is 1. The van der Waals surface area contributed by atoms with Crippen molar-refractivity contribution < 1.29 is 9.90 Å². The fourth-order valence-electron chi connectivity index (χ4n) is 3.06. The Bertz CT molecular complexity index is 709. The molecule has 2 N–H and O–H groups in total. The molecule has 0 bridgehead atoms. The zero-order chi connectivity index (χ0) is 16.9. The van der Waals surface area contributed by atoms with E-state index in [1.54, 1.807) is 18.2 Å². The van der Waals surface area contributed by atoms with Gasteiger partial charge in [-0.05, 0) is 49.6 Å². The van der Waals surface area contributed by atoms with Gasteiger partial charge in [-0.15, -0.1) is 0 Å². The number of carbonyl (C=O) groups excluding carboxylic acids is 1. The molecule has 1 saturated heterocycles. The van der Waals surface area contributed by atoms with Gasteiger partial charge in [0, 0.05) is 24.8 Å². The number of rotatable bonds is 4. The van der Waals surface area contributed by atoms with Gasteiger partial charge in [0.15, 0.2) is 0 Å². The van der Waals surface area contributed by atoms with Crippen LogP contribution >= 0.6 is 0 Å². The van der Waals surface area contributed by atoms with Crippen molar-refractivity contribution in [2.75, 3.05) is 18.4 Å². The summed E-state index contributed by atoms with van der Waals surface area (Å²) in [5, 5.41) is 12.9. The second-order valence-corrected chi connectivity index (χ2v) is 6.31. The lowest BCUT2D eigenvalue weighted by atomic mass is 10.0. The number of likely N-dealkylation sites (tertiary alicyclic amines) is 1. The maximum Gasteiger partial charge on any atom is 0.226 e. The summed E-state index contributed by atoms with van der Waals surface area (Å²) in [5.41, 5.74) is 1.85. The largest absolute Gasteiger partial charge is 0.508 e. The predicted molar refractivity (Wildman–Crippen MR) is 94.0 cm³/mol. The highest BCUT2D eigenvalue weighted by Gasteiger charge is 2.23. The van der Waals surface area contributed by atoms with Crippen molar-refractivity contribution in [3.05, 3.63) is 53.7 Å². The van der Waals surface area contributed by atoms with Crippen molar-refractivity contribution in [2.45, 2.75) is 32.2 Å². The Kier molecular flexibility index (Phi) is 4.99. The molecule has 0 unspecified atom stereocenters. The number of aromatic nitrogens is 1. The zero-order valence-corrected chi connectivity index (χ0v) is 13.9. The van der Waals surface area contributed by atoms with Crippen LogP contribution in [0.5, 0.6) is 5.75 Å². The number of nitrogens with one attached hydrogen (secondary N) is 1. The lowest BCUT2D eigenvalue weighted by Crippen LogP contribution is -2.43. The Morgan fingerprint density at radius 3 is 2.71 bits per heavy atom. The minimum atomic E-state index is 0.118. The van der Waals surface area contributed by atoms with Crippen molar-refractivity contribution in [3.8, 4) is 5.75 Å². The summed E-state index contributed by atoms with van der Waals surface area (Å²) in [4.78, 5) is 18.8. The molecule has 2 aromatic rings. The molecule has 3 rings (SSSR count). The molecule has 0 atom stereocenters. The van der Waals surface area contributed by atoms with Crippen LogP contribution in [0.25, 0.3) is 0 Å². The number of anilines is 1. The summed E-state index contributed by atoms with van der Waals surface area (Å²) < 4.78 is 0. The normalized spacial score (nSPS) is 15.3. The lowest BCUT2D eigenvalue weighted by molar-refractivity contribution is -0.131. The summed E-state index contributed by atoms with van der Waals surface area (Å²) in [5.74, 6) is 1.22. The quantitative estimate of drug-likeness (QED) is 0.907. The molecule has 0 aliphatic carbocycles. The molecule has 5 heteroatoms. The topological polar surface area (TPSA) is 65.5 Å². The first-order chi connectivity index (χ1) is 11.6. The van der Waals surface area contributed by atoms with Gasteiger partial charge in [0.05, 0.1) is 6.42 Å². The molecule has 1 amide bonds. The molecule has 5 nitrogen and oxygen atoms in total. The Labute approximate surface area is 142 Å². The summed E-state index contributed by atoms with van der Waals surface area (Å²) in [7, 11) is 0. The van der Waals surface area contributed by atoms with Crippen LogP contribution in [0.4, 0.5) is 5.82 Å². The van der Waals surface area contributed by atoms with Crippen molar-refractivity contribution >= 4 is 11.7 Å². The van der Waals surface area contributed by atoms with Crippen LogP contribution in [-0.2, 0) is 11.2 Å². The highest BCUT2D eigenvalue weighted by atomic mass is 16.3. The van der Waals surface area contributed by atoms with E-state index in [9.17, 15) is 9.90 Å². The molecule has 24 heavy (non-hydrogen) atoms. The van der Waals surface area contributed by atoms with Gasteiger partial charge < -0.3 is 15.3 Å². The second kappa shape index (κ2) is 7.34. The summed E-state index contributed by atoms with van der Waals surface area (Å²) >= 11 is 0. The number of amides is 1. The van der Waals surface area contributed by atoms with E-state index in [2.05, 4.69) is 10.3 Å². The molecular formula is C19H23N3O2. The van der Waals surface area contributed by atoms with E-state index < -0.39 is 0 Å². The van der Waals surface area contributed by atoms with E-state index in [1.807, 2.05) is 36.1 Å². The number of carbonyl (C=O) groups is 1. The first-order valence-electron chi connectivity index (χ1n) is 8.36. The highest BCUT2D eigenvalue weighted by molar-refractivity contribution is 5.79. The SMILES string of the molecule is Cc1cccc(NC2CCN(C(=O)Cc3cccc(O)c3)CC2)n1. The fraction of sp³-hybridized carbons (Fsp3) is 0.368. The van der Waals surface area contributed by atoms with Crippen LogP contribution in [0.3, 0.4) is 0 Å². The van der Waals surface area contributed by atoms with Gasteiger partial charge in [0.1, 0.15) is 11.6 Å². The molecule has 1 aromatic heterocycles. The average Bonchev–Trinajstić information content (AvgIpc) is 2.55. The van der Waals surface area contributed by atoms with Gasteiger partial charge in [-0.2, -0.15) is 0 Å². The van der Waals surface area contributed by atoms with Gasteiger partial charge in [-0.3, -0.25) is 4.79 Å². The van der Waals surface area contributed by atoms with E-state index >= 15 is 0 Å². The molecule has 2 heterocycles. The Hall–Kier alpha value is -2.56. The Morgan fingerprint density at radius 1 is 1.25 bits per heavy atom. The smallest absolute Gasteiger partial charge is 0.226 e. The van der Waals surface area contributed by atoms with E-state index in [1.165, 1.54) is 0 Å². The van der Waals surface area contributed by atoms with Crippen LogP contribution < -0.4 is 5.32 Å². The van der Waals surface area contributed by atoms with Crippen LogP contribution in [0.1, 0.15) is 24.1 Å².